The van der Waals surface area contributed by atoms with Gasteiger partial charge in [-0.2, -0.15) is 4.98 Å². The lowest BCUT2D eigenvalue weighted by atomic mass is 10.3. The van der Waals surface area contributed by atoms with Gasteiger partial charge >= 0.3 is 0 Å². The maximum atomic E-state index is 5.71. The van der Waals surface area contributed by atoms with Crippen molar-refractivity contribution in [1.82, 2.24) is 14.9 Å². The summed E-state index contributed by atoms with van der Waals surface area (Å²) in [6.07, 6.45) is 1.50. The zero-order valence-electron chi connectivity index (χ0n) is 9.16. The van der Waals surface area contributed by atoms with Crippen molar-refractivity contribution in [3.8, 4) is 0 Å². The van der Waals surface area contributed by atoms with Crippen molar-refractivity contribution in [2.24, 2.45) is 0 Å². The van der Waals surface area contributed by atoms with Crippen LogP contribution in [0.3, 0.4) is 0 Å². The van der Waals surface area contributed by atoms with E-state index in [1.807, 2.05) is 14.1 Å². The summed E-state index contributed by atoms with van der Waals surface area (Å²) in [5.41, 5.74) is 6.21. The number of likely N-dealkylation sites (N-methyl/N-ethyl adjacent to an activating group) is 1. The van der Waals surface area contributed by atoms with Crippen LogP contribution in [0.1, 0.15) is 6.92 Å². The van der Waals surface area contributed by atoms with Crippen LogP contribution in [0.15, 0.2) is 6.20 Å². The van der Waals surface area contributed by atoms with Crippen molar-refractivity contribution in [1.29, 1.82) is 0 Å². The monoisotopic (exact) mass is 229 g/mol. The molecule has 1 unspecified atom stereocenters. The van der Waals surface area contributed by atoms with E-state index in [2.05, 4.69) is 27.1 Å². The fourth-order valence-corrected chi connectivity index (χ4v) is 1.45. The summed E-state index contributed by atoms with van der Waals surface area (Å²) in [4.78, 5) is 9.89. The Morgan fingerprint density at radius 1 is 1.60 bits per heavy atom. The largest absolute Gasteiger partial charge is 0.394 e. The topological polar surface area (TPSA) is 67.1 Å². The fourth-order valence-electron chi connectivity index (χ4n) is 1.31. The molecule has 0 spiro atoms. The molecule has 0 fully saturated rings. The van der Waals surface area contributed by atoms with Crippen LogP contribution >= 0.6 is 11.6 Å². The molecule has 1 atom stereocenters. The summed E-state index contributed by atoms with van der Waals surface area (Å²) in [6, 6.07) is 0.244. The van der Waals surface area contributed by atoms with Gasteiger partial charge < -0.3 is 16.0 Å². The van der Waals surface area contributed by atoms with Gasteiger partial charge in [-0.15, -0.1) is 0 Å². The molecule has 0 amide bonds. The number of nitrogens with zero attached hydrogens (tertiary/aromatic N) is 3. The molecular formula is C9H16ClN5. The minimum Gasteiger partial charge on any atom is -0.394 e. The number of anilines is 2. The zero-order valence-corrected chi connectivity index (χ0v) is 9.91. The van der Waals surface area contributed by atoms with Gasteiger partial charge in [-0.25, -0.2) is 4.98 Å². The Hall–Kier alpha value is -1.07. The SMILES string of the molecule is CC(CN(C)C)Nc1nc(Cl)ncc1N. The maximum absolute atomic E-state index is 5.71. The maximum Gasteiger partial charge on any atom is 0.224 e. The van der Waals surface area contributed by atoms with E-state index in [4.69, 9.17) is 17.3 Å². The van der Waals surface area contributed by atoms with Crippen LogP contribution in [0.25, 0.3) is 0 Å². The molecule has 0 saturated heterocycles. The molecule has 1 heterocycles. The normalized spacial score (nSPS) is 12.9. The third-order valence-corrected chi connectivity index (χ3v) is 1.99. The van der Waals surface area contributed by atoms with Gasteiger partial charge in [-0.3, -0.25) is 0 Å². The van der Waals surface area contributed by atoms with Crippen molar-refractivity contribution in [2.45, 2.75) is 13.0 Å². The minimum atomic E-state index is 0.198. The van der Waals surface area contributed by atoms with Gasteiger partial charge in [0.05, 0.1) is 11.9 Å². The molecule has 0 saturated carbocycles. The molecule has 15 heavy (non-hydrogen) atoms. The van der Waals surface area contributed by atoms with Crippen LogP contribution in [0.4, 0.5) is 11.5 Å². The molecule has 0 aliphatic carbocycles. The van der Waals surface area contributed by atoms with E-state index in [0.29, 0.717) is 11.5 Å². The number of rotatable bonds is 4. The number of halogens is 1. The third kappa shape index (κ3) is 3.89. The van der Waals surface area contributed by atoms with Gasteiger partial charge in [0.2, 0.25) is 5.28 Å². The van der Waals surface area contributed by atoms with Gasteiger partial charge in [0.25, 0.3) is 0 Å². The Morgan fingerprint density at radius 3 is 2.87 bits per heavy atom. The Labute approximate surface area is 94.6 Å². The van der Waals surface area contributed by atoms with Crippen molar-refractivity contribution in [3.63, 3.8) is 0 Å². The first kappa shape index (κ1) is 12.0. The number of hydrogen-bond donors (Lipinski definition) is 2. The van der Waals surface area contributed by atoms with Crippen LogP contribution < -0.4 is 11.1 Å². The van der Waals surface area contributed by atoms with Crippen LogP contribution in [-0.2, 0) is 0 Å². The van der Waals surface area contributed by atoms with E-state index >= 15 is 0 Å². The second-order valence-corrected chi connectivity index (χ2v) is 4.09. The Kier molecular flexibility index (Phi) is 4.11. The lowest BCUT2D eigenvalue weighted by molar-refractivity contribution is 0.392. The smallest absolute Gasteiger partial charge is 0.224 e. The highest BCUT2D eigenvalue weighted by molar-refractivity contribution is 6.28. The van der Waals surface area contributed by atoms with Crippen LogP contribution in [-0.4, -0.2) is 41.5 Å². The molecule has 0 radical (unpaired) electrons. The Balaban J connectivity index is 2.67. The van der Waals surface area contributed by atoms with E-state index in [0.717, 1.165) is 6.54 Å². The summed E-state index contributed by atoms with van der Waals surface area (Å²) in [7, 11) is 4.02. The summed E-state index contributed by atoms with van der Waals surface area (Å²) < 4.78 is 0. The molecule has 0 aliphatic heterocycles. The zero-order chi connectivity index (χ0) is 11.4. The second-order valence-electron chi connectivity index (χ2n) is 3.75. The number of hydrogen-bond acceptors (Lipinski definition) is 5. The van der Waals surface area contributed by atoms with Crippen molar-refractivity contribution < 1.29 is 0 Å². The molecule has 0 bridgehead atoms. The predicted octanol–water partition coefficient (Wildman–Crippen LogP) is 1.07. The van der Waals surface area contributed by atoms with Gasteiger partial charge in [-0.05, 0) is 32.6 Å². The summed E-state index contributed by atoms with van der Waals surface area (Å²) >= 11 is 5.68. The van der Waals surface area contributed by atoms with E-state index in [1.165, 1.54) is 6.20 Å². The highest BCUT2D eigenvalue weighted by Crippen LogP contribution is 2.16. The molecule has 3 N–H and O–H groups in total. The highest BCUT2D eigenvalue weighted by Gasteiger charge is 2.08. The average Bonchev–Trinajstić information content (AvgIpc) is 2.10. The van der Waals surface area contributed by atoms with Crippen molar-refractivity contribution in [3.05, 3.63) is 11.5 Å². The highest BCUT2D eigenvalue weighted by atomic mass is 35.5. The first-order valence-electron chi connectivity index (χ1n) is 4.68. The number of nitrogens with one attached hydrogen (secondary N) is 1. The third-order valence-electron chi connectivity index (χ3n) is 1.81. The Bertz CT molecular complexity index is 328. The average molecular weight is 230 g/mol. The summed E-state index contributed by atoms with van der Waals surface area (Å²) in [5.74, 6) is 0.587. The summed E-state index contributed by atoms with van der Waals surface area (Å²) in [5, 5.41) is 3.38. The van der Waals surface area contributed by atoms with E-state index in [9.17, 15) is 0 Å². The second kappa shape index (κ2) is 5.14. The molecule has 1 aromatic rings. The molecule has 0 aromatic carbocycles. The molecule has 6 heteroatoms. The molecule has 84 valence electrons. The van der Waals surface area contributed by atoms with Crippen LogP contribution in [0.2, 0.25) is 5.28 Å². The molecule has 5 nitrogen and oxygen atoms in total. The van der Waals surface area contributed by atoms with E-state index in [1.54, 1.807) is 0 Å². The van der Waals surface area contributed by atoms with Crippen molar-refractivity contribution in [2.75, 3.05) is 31.7 Å². The van der Waals surface area contributed by atoms with E-state index in [-0.39, 0.29) is 11.3 Å². The van der Waals surface area contributed by atoms with E-state index < -0.39 is 0 Å². The molecule has 1 rings (SSSR count). The standard InChI is InChI=1S/C9H16ClN5/c1-6(5-15(2)3)13-8-7(11)4-12-9(10)14-8/h4,6H,5,11H2,1-3H3,(H,12,13,14). The fraction of sp³-hybridized carbons (Fsp3) is 0.556. The number of aromatic nitrogens is 2. The molecule has 0 aliphatic rings. The number of nitrogen functional groups attached to an aromatic ring is 1. The first-order valence-corrected chi connectivity index (χ1v) is 5.06. The minimum absolute atomic E-state index is 0.198. The van der Waals surface area contributed by atoms with Gasteiger partial charge in [0.15, 0.2) is 5.82 Å². The van der Waals surface area contributed by atoms with Gasteiger partial charge in [0, 0.05) is 12.6 Å². The van der Waals surface area contributed by atoms with Gasteiger partial charge in [0.1, 0.15) is 0 Å². The lowest BCUT2D eigenvalue weighted by Crippen LogP contribution is -2.30. The Morgan fingerprint density at radius 2 is 2.27 bits per heavy atom. The predicted molar refractivity (Wildman–Crippen MR) is 63.1 cm³/mol. The summed E-state index contributed by atoms with van der Waals surface area (Å²) in [6.45, 7) is 2.94. The quantitative estimate of drug-likeness (QED) is 0.757. The van der Waals surface area contributed by atoms with Crippen LogP contribution in [0, 0.1) is 0 Å². The lowest BCUT2D eigenvalue weighted by Gasteiger charge is -2.19. The first-order chi connectivity index (χ1) is 6.99. The van der Waals surface area contributed by atoms with Gasteiger partial charge in [-0.1, -0.05) is 0 Å². The molecule has 1 aromatic heterocycles. The molecular weight excluding hydrogens is 214 g/mol. The number of nitrogens with two attached hydrogens (primary N) is 1. The van der Waals surface area contributed by atoms with Crippen molar-refractivity contribution >= 4 is 23.1 Å². The van der Waals surface area contributed by atoms with Crippen LogP contribution in [0.5, 0.6) is 0 Å².